The van der Waals surface area contributed by atoms with Crippen molar-refractivity contribution in [2.24, 2.45) is 0 Å². The van der Waals surface area contributed by atoms with Gasteiger partial charge in [-0.05, 0) is 35.7 Å². The molecule has 1 atom stereocenters. The number of rotatable bonds is 6. The SMILES string of the molecule is CCOC(=O)C1=CN(Cc2ccc(CO)cc2)S(=O)(=O)NC1c1ccc(Cl)cc1Cl. The van der Waals surface area contributed by atoms with Crippen molar-refractivity contribution >= 4 is 39.4 Å². The first-order valence-electron chi connectivity index (χ1n) is 9.06. The van der Waals surface area contributed by atoms with Gasteiger partial charge in [0, 0.05) is 16.2 Å². The Kier molecular flexibility index (Phi) is 7.05. The summed E-state index contributed by atoms with van der Waals surface area (Å²) in [5, 5.41) is 9.77. The lowest BCUT2D eigenvalue weighted by atomic mass is 10.00. The zero-order valence-corrected chi connectivity index (χ0v) is 18.3. The third-order valence-corrected chi connectivity index (χ3v) is 6.45. The molecule has 1 aliphatic heterocycles. The van der Waals surface area contributed by atoms with Crippen molar-refractivity contribution in [3.05, 3.63) is 81.0 Å². The molecule has 0 aromatic heterocycles. The molecule has 1 unspecified atom stereocenters. The second kappa shape index (κ2) is 9.36. The van der Waals surface area contributed by atoms with Crippen LogP contribution in [0.5, 0.6) is 0 Å². The largest absolute Gasteiger partial charge is 0.463 e. The molecule has 2 aromatic carbocycles. The van der Waals surface area contributed by atoms with E-state index in [2.05, 4.69) is 4.72 Å². The second-order valence-electron chi connectivity index (χ2n) is 6.55. The zero-order valence-electron chi connectivity index (χ0n) is 16.0. The Balaban J connectivity index is 2.02. The minimum atomic E-state index is -3.98. The summed E-state index contributed by atoms with van der Waals surface area (Å²) in [5.74, 6) is -0.656. The lowest BCUT2D eigenvalue weighted by Crippen LogP contribution is -2.45. The number of nitrogens with zero attached hydrogens (tertiary/aromatic N) is 1. The third kappa shape index (κ3) is 4.96. The number of aliphatic hydroxyl groups is 1. The van der Waals surface area contributed by atoms with Gasteiger partial charge >= 0.3 is 16.2 Å². The van der Waals surface area contributed by atoms with Crippen LogP contribution in [0.1, 0.15) is 29.7 Å². The van der Waals surface area contributed by atoms with E-state index in [4.69, 9.17) is 33.0 Å². The van der Waals surface area contributed by atoms with Crippen LogP contribution in [0, 0.1) is 0 Å². The number of benzene rings is 2. The van der Waals surface area contributed by atoms with Gasteiger partial charge in [-0.2, -0.15) is 13.1 Å². The maximum absolute atomic E-state index is 12.9. The van der Waals surface area contributed by atoms with Crippen LogP contribution in [0.3, 0.4) is 0 Å². The maximum Gasteiger partial charge on any atom is 0.337 e. The molecule has 0 amide bonds. The minimum Gasteiger partial charge on any atom is -0.463 e. The number of nitrogens with one attached hydrogen (secondary N) is 1. The van der Waals surface area contributed by atoms with Crippen LogP contribution < -0.4 is 4.72 Å². The number of halogens is 2. The highest BCUT2D eigenvalue weighted by Gasteiger charge is 2.37. The molecule has 0 saturated carbocycles. The lowest BCUT2D eigenvalue weighted by Gasteiger charge is -2.32. The fraction of sp³-hybridized carbons (Fsp3) is 0.250. The summed E-state index contributed by atoms with van der Waals surface area (Å²) < 4.78 is 34.5. The van der Waals surface area contributed by atoms with Gasteiger partial charge in [-0.3, -0.25) is 4.31 Å². The maximum atomic E-state index is 12.9. The number of esters is 1. The van der Waals surface area contributed by atoms with E-state index in [1.807, 2.05) is 0 Å². The molecule has 0 bridgehead atoms. The highest BCUT2D eigenvalue weighted by atomic mass is 35.5. The van der Waals surface area contributed by atoms with E-state index in [-0.39, 0.29) is 30.4 Å². The first-order valence-corrected chi connectivity index (χ1v) is 11.3. The predicted molar refractivity (Wildman–Crippen MR) is 114 cm³/mol. The molecule has 160 valence electrons. The molecule has 2 N–H and O–H groups in total. The first kappa shape index (κ1) is 22.6. The zero-order chi connectivity index (χ0) is 21.9. The molecule has 7 nitrogen and oxygen atoms in total. The first-order chi connectivity index (χ1) is 14.2. The van der Waals surface area contributed by atoms with Crippen LogP contribution in [0.15, 0.2) is 54.2 Å². The summed E-state index contributed by atoms with van der Waals surface area (Å²) in [7, 11) is -3.98. The minimum absolute atomic E-state index is 0.00891. The van der Waals surface area contributed by atoms with Crippen molar-refractivity contribution in [1.29, 1.82) is 0 Å². The number of aliphatic hydroxyl groups excluding tert-OH is 1. The van der Waals surface area contributed by atoms with Crippen LogP contribution in [0.2, 0.25) is 10.0 Å². The van der Waals surface area contributed by atoms with Crippen molar-refractivity contribution in [3.8, 4) is 0 Å². The summed E-state index contributed by atoms with van der Waals surface area (Å²) in [4.78, 5) is 12.6. The summed E-state index contributed by atoms with van der Waals surface area (Å²) in [6, 6.07) is 10.4. The molecule has 0 fully saturated rings. The van der Waals surface area contributed by atoms with Gasteiger partial charge in [0.05, 0.1) is 31.4 Å². The lowest BCUT2D eigenvalue weighted by molar-refractivity contribution is -0.139. The van der Waals surface area contributed by atoms with E-state index in [1.54, 1.807) is 43.3 Å². The number of hydrogen-bond donors (Lipinski definition) is 2. The number of carbonyl (C=O) groups excluding carboxylic acids is 1. The molecule has 30 heavy (non-hydrogen) atoms. The van der Waals surface area contributed by atoms with Crippen LogP contribution in [0.4, 0.5) is 0 Å². The topological polar surface area (TPSA) is 95.9 Å². The van der Waals surface area contributed by atoms with Crippen molar-refractivity contribution in [2.75, 3.05) is 6.61 Å². The number of hydrogen-bond acceptors (Lipinski definition) is 5. The summed E-state index contributed by atoms with van der Waals surface area (Å²) in [6.07, 6.45) is 1.26. The van der Waals surface area contributed by atoms with E-state index >= 15 is 0 Å². The molecule has 0 spiro atoms. The Labute approximate surface area is 185 Å². The Hall–Kier alpha value is -2.10. The van der Waals surface area contributed by atoms with Gasteiger partial charge in [0.25, 0.3) is 0 Å². The quantitative estimate of drug-likeness (QED) is 0.631. The Morgan fingerprint density at radius 2 is 1.83 bits per heavy atom. The molecule has 10 heteroatoms. The van der Waals surface area contributed by atoms with E-state index in [1.165, 1.54) is 12.3 Å². The fourth-order valence-electron chi connectivity index (χ4n) is 2.99. The van der Waals surface area contributed by atoms with Gasteiger partial charge < -0.3 is 9.84 Å². The summed E-state index contributed by atoms with van der Waals surface area (Å²) >= 11 is 12.2. The van der Waals surface area contributed by atoms with Gasteiger partial charge in [-0.25, -0.2) is 4.79 Å². The Morgan fingerprint density at radius 3 is 2.43 bits per heavy atom. The Bertz CT molecular complexity index is 1070. The van der Waals surface area contributed by atoms with Crippen LogP contribution >= 0.6 is 23.2 Å². The molecule has 3 rings (SSSR count). The van der Waals surface area contributed by atoms with E-state index in [9.17, 15) is 13.2 Å². The average molecular weight is 471 g/mol. The van der Waals surface area contributed by atoms with Gasteiger partial charge in [0.1, 0.15) is 0 Å². The van der Waals surface area contributed by atoms with Gasteiger partial charge in [-0.1, -0.05) is 53.5 Å². The van der Waals surface area contributed by atoms with Crippen molar-refractivity contribution < 1.29 is 23.1 Å². The summed E-state index contributed by atoms with van der Waals surface area (Å²) in [6.45, 7) is 1.67. The van der Waals surface area contributed by atoms with Crippen LogP contribution in [-0.4, -0.2) is 30.4 Å². The van der Waals surface area contributed by atoms with E-state index in [0.29, 0.717) is 21.7 Å². The van der Waals surface area contributed by atoms with E-state index < -0.39 is 22.2 Å². The van der Waals surface area contributed by atoms with Gasteiger partial charge in [0.15, 0.2) is 0 Å². The Morgan fingerprint density at radius 1 is 1.17 bits per heavy atom. The van der Waals surface area contributed by atoms with Crippen molar-refractivity contribution in [1.82, 2.24) is 9.03 Å². The second-order valence-corrected chi connectivity index (χ2v) is 9.04. The smallest absolute Gasteiger partial charge is 0.337 e. The van der Waals surface area contributed by atoms with Crippen molar-refractivity contribution in [3.63, 3.8) is 0 Å². The summed E-state index contributed by atoms with van der Waals surface area (Å²) in [5.41, 5.74) is 1.87. The average Bonchev–Trinajstić information content (AvgIpc) is 2.70. The molecule has 0 radical (unpaired) electrons. The standard InChI is InChI=1S/C20H20Cl2N2O5S/c1-2-29-20(26)17-11-24(10-13-3-5-14(12-25)6-4-13)30(27,28)23-19(17)16-8-7-15(21)9-18(16)22/h3-9,11,19,23,25H,2,10,12H2,1H3. The van der Waals surface area contributed by atoms with Crippen LogP contribution in [0.25, 0.3) is 0 Å². The molecule has 1 heterocycles. The fourth-order valence-corrected chi connectivity index (χ4v) is 4.77. The monoisotopic (exact) mass is 470 g/mol. The molecular weight excluding hydrogens is 451 g/mol. The van der Waals surface area contributed by atoms with Gasteiger partial charge in [0.2, 0.25) is 0 Å². The van der Waals surface area contributed by atoms with Gasteiger partial charge in [-0.15, -0.1) is 0 Å². The molecule has 1 aliphatic rings. The van der Waals surface area contributed by atoms with Crippen molar-refractivity contribution in [2.45, 2.75) is 26.1 Å². The number of carbonyl (C=O) groups is 1. The molecular formula is C20H20Cl2N2O5S. The molecule has 2 aromatic rings. The third-order valence-electron chi connectivity index (χ3n) is 4.50. The van der Waals surface area contributed by atoms with Crippen LogP contribution in [-0.2, 0) is 32.9 Å². The molecule has 0 aliphatic carbocycles. The number of ether oxygens (including phenoxy) is 1. The normalized spacial score (nSPS) is 18.1. The highest BCUT2D eigenvalue weighted by molar-refractivity contribution is 7.87. The predicted octanol–water partition coefficient (Wildman–Crippen LogP) is 3.32. The molecule has 0 saturated heterocycles. The highest BCUT2D eigenvalue weighted by Crippen LogP contribution is 2.35. The van der Waals surface area contributed by atoms with E-state index in [0.717, 1.165) is 4.31 Å².